The van der Waals surface area contributed by atoms with Crippen molar-refractivity contribution >= 4 is 11.6 Å². The third-order valence-corrected chi connectivity index (χ3v) is 1.23. The van der Waals surface area contributed by atoms with Crippen molar-refractivity contribution in [1.82, 2.24) is 15.0 Å². The van der Waals surface area contributed by atoms with Crippen LogP contribution in [0.1, 0.15) is 6.42 Å². The summed E-state index contributed by atoms with van der Waals surface area (Å²) in [7, 11) is 0. The molecule has 1 rings (SSSR count). The van der Waals surface area contributed by atoms with Gasteiger partial charge in [0.15, 0.2) is 0 Å². The molecular weight excluding hydrogens is 138 g/mol. The second-order valence-corrected chi connectivity index (χ2v) is 2.05. The van der Waals surface area contributed by atoms with E-state index in [1.807, 2.05) is 0 Å². The van der Waals surface area contributed by atoms with Gasteiger partial charge in [-0.3, -0.25) is 0 Å². The van der Waals surface area contributed by atoms with E-state index in [4.69, 9.17) is 11.6 Å². The summed E-state index contributed by atoms with van der Waals surface area (Å²) in [5, 5.41) is 7.80. The fraction of sp³-hybridized carbons (Fsp3) is 0.600. The number of halogens is 1. The summed E-state index contributed by atoms with van der Waals surface area (Å²) in [4.78, 5) is 1.63. The Balaban J connectivity index is 2.30. The molecule has 50 valence electrons. The summed E-state index contributed by atoms with van der Waals surface area (Å²) >= 11 is 5.45. The van der Waals surface area contributed by atoms with E-state index >= 15 is 0 Å². The molecule has 0 radical (unpaired) electrons. The molecule has 0 fully saturated rings. The minimum absolute atomic E-state index is 0.668. The summed E-state index contributed by atoms with van der Waals surface area (Å²) in [6.07, 6.45) is 4.25. The highest BCUT2D eigenvalue weighted by Gasteiger charge is 1.87. The van der Waals surface area contributed by atoms with Gasteiger partial charge in [-0.25, -0.2) is 0 Å². The summed E-state index contributed by atoms with van der Waals surface area (Å²) in [5.41, 5.74) is 0. The lowest BCUT2D eigenvalue weighted by Crippen LogP contribution is -2.01. The van der Waals surface area contributed by atoms with E-state index in [9.17, 15) is 0 Å². The number of rotatable bonds is 3. The van der Waals surface area contributed by atoms with Crippen molar-refractivity contribution in [2.24, 2.45) is 0 Å². The predicted octanol–water partition coefficient (Wildman–Crippen LogP) is 0.907. The van der Waals surface area contributed by atoms with Crippen LogP contribution in [0.25, 0.3) is 0 Å². The zero-order valence-electron chi connectivity index (χ0n) is 5.00. The Bertz CT molecular complexity index is 149. The second-order valence-electron chi connectivity index (χ2n) is 1.67. The van der Waals surface area contributed by atoms with Gasteiger partial charge in [-0.1, -0.05) is 0 Å². The number of hydrogen-bond donors (Lipinski definition) is 0. The Morgan fingerprint density at radius 2 is 2.00 bits per heavy atom. The highest BCUT2D eigenvalue weighted by molar-refractivity contribution is 6.17. The molecule has 0 saturated carbocycles. The van der Waals surface area contributed by atoms with Crippen LogP contribution in [0.15, 0.2) is 12.4 Å². The third-order valence-electron chi connectivity index (χ3n) is 0.958. The second kappa shape index (κ2) is 3.45. The molecule has 1 aromatic rings. The van der Waals surface area contributed by atoms with Gasteiger partial charge in [-0.05, 0) is 6.42 Å². The maximum atomic E-state index is 5.45. The van der Waals surface area contributed by atoms with Crippen LogP contribution in [-0.4, -0.2) is 20.9 Å². The standard InChI is InChI=1S/C5H8ClN3/c6-2-1-5-9-7-3-4-8-9/h3-4H,1-2,5H2. The van der Waals surface area contributed by atoms with Gasteiger partial charge in [-0.15, -0.1) is 11.6 Å². The van der Waals surface area contributed by atoms with Crippen molar-refractivity contribution in [3.8, 4) is 0 Å². The quantitative estimate of drug-likeness (QED) is 0.592. The average Bonchev–Trinajstić information content (AvgIpc) is 2.34. The molecule has 4 heteroatoms. The van der Waals surface area contributed by atoms with Crippen molar-refractivity contribution < 1.29 is 0 Å². The summed E-state index contributed by atoms with van der Waals surface area (Å²) < 4.78 is 0. The van der Waals surface area contributed by atoms with Crippen LogP contribution < -0.4 is 0 Å². The predicted molar refractivity (Wildman–Crippen MR) is 35.4 cm³/mol. The maximum Gasteiger partial charge on any atom is 0.0693 e. The molecule has 0 aliphatic carbocycles. The van der Waals surface area contributed by atoms with Crippen LogP contribution in [0, 0.1) is 0 Å². The first-order valence-electron chi connectivity index (χ1n) is 2.83. The average molecular weight is 146 g/mol. The Morgan fingerprint density at radius 3 is 2.56 bits per heavy atom. The molecule has 1 heterocycles. The molecule has 1 aromatic heterocycles. The van der Waals surface area contributed by atoms with Gasteiger partial charge in [0.2, 0.25) is 0 Å². The van der Waals surface area contributed by atoms with Gasteiger partial charge in [-0.2, -0.15) is 15.0 Å². The van der Waals surface area contributed by atoms with Crippen LogP contribution >= 0.6 is 11.6 Å². The third kappa shape index (κ3) is 2.01. The first-order chi connectivity index (χ1) is 4.43. The molecule has 0 aromatic carbocycles. The zero-order valence-corrected chi connectivity index (χ0v) is 5.75. The van der Waals surface area contributed by atoms with Gasteiger partial charge in [0.1, 0.15) is 0 Å². The van der Waals surface area contributed by atoms with E-state index in [2.05, 4.69) is 10.2 Å². The molecule has 3 nitrogen and oxygen atoms in total. The SMILES string of the molecule is ClCCCn1nccn1. The van der Waals surface area contributed by atoms with Crippen LogP contribution in [-0.2, 0) is 6.54 Å². The first kappa shape index (κ1) is 6.55. The highest BCUT2D eigenvalue weighted by atomic mass is 35.5. The van der Waals surface area contributed by atoms with Crippen molar-refractivity contribution in [3.05, 3.63) is 12.4 Å². The monoisotopic (exact) mass is 145 g/mol. The van der Waals surface area contributed by atoms with Crippen LogP contribution in [0.3, 0.4) is 0 Å². The summed E-state index contributed by atoms with van der Waals surface area (Å²) in [6.45, 7) is 0.816. The van der Waals surface area contributed by atoms with Gasteiger partial charge in [0.25, 0.3) is 0 Å². The number of hydrogen-bond acceptors (Lipinski definition) is 2. The molecule has 0 bridgehead atoms. The largest absolute Gasteiger partial charge is 0.185 e. The van der Waals surface area contributed by atoms with Gasteiger partial charge >= 0.3 is 0 Å². The van der Waals surface area contributed by atoms with Crippen molar-refractivity contribution in [2.45, 2.75) is 13.0 Å². The molecule has 0 unspecified atom stereocenters. The number of alkyl halides is 1. The number of aryl methyl sites for hydroxylation is 1. The van der Waals surface area contributed by atoms with Crippen LogP contribution in [0.2, 0.25) is 0 Å². The van der Waals surface area contributed by atoms with Gasteiger partial charge < -0.3 is 0 Å². The molecule has 0 N–H and O–H groups in total. The molecule has 0 aliphatic heterocycles. The van der Waals surface area contributed by atoms with Crippen molar-refractivity contribution in [2.75, 3.05) is 5.88 Å². The fourth-order valence-corrected chi connectivity index (χ4v) is 0.680. The Kier molecular flexibility index (Phi) is 2.51. The lowest BCUT2D eigenvalue weighted by atomic mass is 10.5. The smallest absolute Gasteiger partial charge is 0.0693 e. The minimum atomic E-state index is 0.668. The molecule has 0 saturated heterocycles. The molecule has 0 atom stereocenters. The Morgan fingerprint density at radius 1 is 1.33 bits per heavy atom. The summed E-state index contributed by atoms with van der Waals surface area (Å²) in [6, 6.07) is 0. The maximum absolute atomic E-state index is 5.45. The highest BCUT2D eigenvalue weighted by Crippen LogP contribution is 1.87. The first-order valence-corrected chi connectivity index (χ1v) is 3.37. The number of nitrogens with zero attached hydrogens (tertiary/aromatic N) is 3. The minimum Gasteiger partial charge on any atom is -0.185 e. The van der Waals surface area contributed by atoms with E-state index in [0.29, 0.717) is 5.88 Å². The normalized spacial score (nSPS) is 9.89. The van der Waals surface area contributed by atoms with Crippen LogP contribution in [0.4, 0.5) is 0 Å². The molecule has 0 spiro atoms. The fourth-order valence-electron chi connectivity index (χ4n) is 0.560. The van der Waals surface area contributed by atoms with Gasteiger partial charge in [0, 0.05) is 5.88 Å². The van der Waals surface area contributed by atoms with Crippen LogP contribution in [0.5, 0.6) is 0 Å². The van der Waals surface area contributed by atoms with Crippen molar-refractivity contribution in [3.63, 3.8) is 0 Å². The summed E-state index contributed by atoms with van der Waals surface area (Å²) in [5.74, 6) is 0.668. The lowest BCUT2D eigenvalue weighted by molar-refractivity contribution is 0.530. The Labute approximate surface area is 58.6 Å². The molecule has 9 heavy (non-hydrogen) atoms. The van der Waals surface area contributed by atoms with Crippen molar-refractivity contribution in [1.29, 1.82) is 0 Å². The van der Waals surface area contributed by atoms with E-state index < -0.39 is 0 Å². The van der Waals surface area contributed by atoms with E-state index in [1.54, 1.807) is 17.2 Å². The topological polar surface area (TPSA) is 30.7 Å². The van der Waals surface area contributed by atoms with E-state index in [1.165, 1.54) is 0 Å². The Hall–Kier alpha value is -0.570. The molecule has 0 aliphatic rings. The zero-order chi connectivity index (χ0) is 6.53. The number of aromatic nitrogens is 3. The van der Waals surface area contributed by atoms with E-state index in [0.717, 1.165) is 13.0 Å². The van der Waals surface area contributed by atoms with E-state index in [-0.39, 0.29) is 0 Å². The molecular formula is C5H8ClN3. The van der Waals surface area contributed by atoms with Gasteiger partial charge in [0.05, 0.1) is 18.9 Å². The molecule has 0 amide bonds. The lowest BCUT2D eigenvalue weighted by Gasteiger charge is -1.93.